The van der Waals surface area contributed by atoms with Gasteiger partial charge in [-0.2, -0.15) is 5.26 Å². The lowest BCUT2D eigenvalue weighted by atomic mass is 10.2. The van der Waals surface area contributed by atoms with Crippen LogP contribution >= 0.6 is 15.9 Å². The van der Waals surface area contributed by atoms with Crippen molar-refractivity contribution in [3.8, 4) is 6.07 Å². The number of hydrogen-bond acceptors (Lipinski definition) is 3. The molecular formula is C12H6BrFN2O2. The first-order valence-corrected chi connectivity index (χ1v) is 5.65. The largest absolute Gasteiger partial charge is 0.457 e. The second-order valence-corrected chi connectivity index (χ2v) is 4.09. The van der Waals surface area contributed by atoms with Gasteiger partial charge >= 0.3 is 0 Å². The van der Waals surface area contributed by atoms with Gasteiger partial charge in [0.1, 0.15) is 11.9 Å². The van der Waals surface area contributed by atoms with Gasteiger partial charge in [0.25, 0.3) is 5.91 Å². The van der Waals surface area contributed by atoms with Gasteiger partial charge in [0.15, 0.2) is 4.67 Å². The van der Waals surface area contributed by atoms with Crippen molar-refractivity contribution in [2.75, 3.05) is 5.32 Å². The molecule has 2 aromatic rings. The highest BCUT2D eigenvalue weighted by Crippen LogP contribution is 2.20. The van der Waals surface area contributed by atoms with Crippen LogP contribution in [0.3, 0.4) is 0 Å². The highest BCUT2D eigenvalue weighted by Gasteiger charge is 2.13. The first-order valence-electron chi connectivity index (χ1n) is 4.86. The van der Waals surface area contributed by atoms with Crippen molar-refractivity contribution in [1.82, 2.24) is 0 Å². The molecule has 2 rings (SSSR count). The number of furan rings is 1. The average molecular weight is 309 g/mol. The van der Waals surface area contributed by atoms with E-state index in [0.29, 0.717) is 15.9 Å². The van der Waals surface area contributed by atoms with Crippen LogP contribution in [0.15, 0.2) is 39.6 Å². The van der Waals surface area contributed by atoms with Crippen molar-refractivity contribution in [2.24, 2.45) is 0 Å². The standard InChI is InChI=1S/C12H6BrFN2O2/c13-11-9(3-4-18-11)12(17)16-8-1-2-10(14)7(5-8)6-15/h1-5H,(H,16,17). The Kier molecular flexibility index (Phi) is 3.44. The molecule has 0 bridgehead atoms. The summed E-state index contributed by atoms with van der Waals surface area (Å²) in [7, 11) is 0. The molecule has 0 saturated carbocycles. The summed E-state index contributed by atoms with van der Waals surface area (Å²) < 4.78 is 18.3. The molecule has 6 heteroatoms. The maximum absolute atomic E-state index is 13.1. The van der Waals surface area contributed by atoms with E-state index in [4.69, 9.17) is 9.68 Å². The average Bonchev–Trinajstić information content (AvgIpc) is 2.78. The topological polar surface area (TPSA) is 66.0 Å². The monoisotopic (exact) mass is 308 g/mol. The summed E-state index contributed by atoms with van der Waals surface area (Å²) in [6.07, 6.45) is 1.37. The van der Waals surface area contributed by atoms with E-state index in [2.05, 4.69) is 21.2 Å². The molecule has 1 aromatic heterocycles. The molecule has 0 unspecified atom stereocenters. The van der Waals surface area contributed by atoms with Gasteiger partial charge in [0.2, 0.25) is 0 Å². The Morgan fingerprint density at radius 1 is 1.44 bits per heavy atom. The Morgan fingerprint density at radius 3 is 2.83 bits per heavy atom. The van der Waals surface area contributed by atoms with Gasteiger partial charge in [-0.15, -0.1) is 0 Å². The predicted octanol–water partition coefficient (Wildman–Crippen LogP) is 3.31. The zero-order valence-corrected chi connectivity index (χ0v) is 10.5. The molecule has 1 aromatic carbocycles. The highest BCUT2D eigenvalue weighted by molar-refractivity contribution is 9.10. The van der Waals surface area contributed by atoms with E-state index < -0.39 is 11.7 Å². The lowest BCUT2D eigenvalue weighted by molar-refractivity contribution is 0.102. The highest BCUT2D eigenvalue weighted by atomic mass is 79.9. The molecule has 18 heavy (non-hydrogen) atoms. The third kappa shape index (κ3) is 2.41. The van der Waals surface area contributed by atoms with Gasteiger partial charge in [-0.1, -0.05) is 0 Å². The van der Waals surface area contributed by atoms with E-state index in [9.17, 15) is 9.18 Å². The smallest absolute Gasteiger partial charge is 0.260 e. The summed E-state index contributed by atoms with van der Waals surface area (Å²) >= 11 is 3.08. The maximum atomic E-state index is 13.1. The number of halogens is 2. The van der Waals surface area contributed by atoms with Crippen LogP contribution in [0, 0.1) is 17.1 Å². The van der Waals surface area contributed by atoms with Gasteiger partial charge in [-0.25, -0.2) is 4.39 Å². The molecular weight excluding hydrogens is 303 g/mol. The van der Waals surface area contributed by atoms with Crippen LogP contribution in [-0.4, -0.2) is 5.91 Å². The number of nitrogens with one attached hydrogen (secondary N) is 1. The van der Waals surface area contributed by atoms with Crippen LogP contribution in [-0.2, 0) is 0 Å². The van der Waals surface area contributed by atoms with E-state index in [1.807, 2.05) is 0 Å². The van der Waals surface area contributed by atoms with Crippen LogP contribution in [0.4, 0.5) is 10.1 Å². The summed E-state index contributed by atoms with van der Waals surface area (Å²) in [5.74, 6) is -1.04. The summed E-state index contributed by atoms with van der Waals surface area (Å²) in [4.78, 5) is 11.8. The molecule has 0 fully saturated rings. The van der Waals surface area contributed by atoms with Crippen molar-refractivity contribution in [3.63, 3.8) is 0 Å². The van der Waals surface area contributed by atoms with Crippen LogP contribution in [0.2, 0.25) is 0 Å². The third-order valence-electron chi connectivity index (χ3n) is 2.21. The minimum Gasteiger partial charge on any atom is -0.457 e. The summed E-state index contributed by atoms with van der Waals surface area (Å²) in [6, 6.07) is 6.96. The Labute approximate surface area is 110 Å². The van der Waals surface area contributed by atoms with Gasteiger partial charge < -0.3 is 9.73 Å². The fourth-order valence-electron chi connectivity index (χ4n) is 1.34. The van der Waals surface area contributed by atoms with E-state index in [0.717, 1.165) is 6.07 Å². The summed E-state index contributed by atoms with van der Waals surface area (Å²) in [5, 5.41) is 11.2. The van der Waals surface area contributed by atoms with Crippen LogP contribution in [0.25, 0.3) is 0 Å². The second-order valence-electron chi connectivity index (χ2n) is 3.37. The van der Waals surface area contributed by atoms with Gasteiger partial charge in [0.05, 0.1) is 17.4 Å². The molecule has 0 aliphatic heterocycles. The first kappa shape index (κ1) is 12.3. The molecule has 0 radical (unpaired) electrons. The third-order valence-corrected chi connectivity index (χ3v) is 2.82. The van der Waals surface area contributed by atoms with Crippen molar-refractivity contribution in [2.45, 2.75) is 0 Å². The molecule has 1 amide bonds. The zero-order chi connectivity index (χ0) is 13.1. The summed E-state index contributed by atoms with van der Waals surface area (Å²) in [5.41, 5.74) is 0.531. The second kappa shape index (κ2) is 5.02. The van der Waals surface area contributed by atoms with Gasteiger partial charge in [0, 0.05) is 5.69 Å². The van der Waals surface area contributed by atoms with Gasteiger partial charge in [-0.05, 0) is 40.2 Å². The lowest BCUT2D eigenvalue weighted by Crippen LogP contribution is -2.11. The molecule has 4 nitrogen and oxygen atoms in total. The quantitative estimate of drug-likeness (QED) is 0.925. The molecule has 0 spiro atoms. The predicted molar refractivity (Wildman–Crippen MR) is 65.5 cm³/mol. The first-order chi connectivity index (χ1) is 8.61. The van der Waals surface area contributed by atoms with E-state index in [1.165, 1.54) is 24.5 Å². The van der Waals surface area contributed by atoms with Crippen molar-refractivity contribution >= 4 is 27.5 Å². The number of rotatable bonds is 2. The van der Waals surface area contributed by atoms with Crippen molar-refractivity contribution in [1.29, 1.82) is 5.26 Å². The summed E-state index contributed by atoms with van der Waals surface area (Å²) in [6.45, 7) is 0. The number of anilines is 1. The van der Waals surface area contributed by atoms with Gasteiger partial charge in [-0.3, -0.25) is 4.79 Å². The van der Waals surface area contributed by atoms with Crippen LogP contribution in [0.5, 0.6) is 0 Å². The number of carbonyl (C=O) groups is 1. The van der Waals surface area contributed by atoms with Crippen molar-refractivity contribution < 1.29 is 13.6 Å². The fourth-order valence-corrected chi connectivity index (χ4v) is 1.76. The Hall–Kier alpha value is -2.13. The molecule has 0 aliphatic rings. The number of nitrogens with zero attached hydrogens (tertiary/aromatic N) is 1. The maximum Gasteiger partial charge on any atom is 0.260 e. The Bertz CT molecular complexity index is 646. The van der Waals surface area contributed by atoms with Crippen LogP contribution < -0.4 is 5.32 Å². The molecule has 1 heterocycles. The van der Waals surface area contributed by atoms with Crippen molar-refractivity contribution in [3.05, 3.63) is 52.1 Å². The number of benzene rings is 1. The zero-order valence-electron chi connectivity index (χ0n) is 8.91. The fraction of sp³-hybridized carbons (Fsp3) is 0. The number of nitriles is 1. The van der Waals surface area contributed by atoms with E-state index in [-0.39, 0.29) is 5.56 Å². The van der Waals surface area contributed by atoms with E-state index >= 15 is 0 Å². The molecule has 0 atom stereocenters. The minimum absolute atomic E-state index is 0.126. The SMILES string of the molecule is N#Cc1cc(NC(=O)c2ccoc2Br)ccc1F. The molecule has 0 aliphatic carbocycles. The Balaban J connectivity index is 2.23. The normalized spacial score (nSPS) is 9.83. The number of amides is 1. The minimum atomic E-state index is -0.625. The molecule has 1 N–H and O–H groups in total. The van der Waals surface area contributed by atoms with Crippen LogP contribution in [0.1, 0.15) is 15.9 Å². The lowest BCUT2D eigenvalue weighted by Gasteiger charge is -2.04. The molecule has 0 saturated heterocycles. The number of carbonyl (C=O) groups excluding carboxylic acids is 1. The number of hydrogen-bond donors (Lipinski definition) is 1. The Morgan fingerprint density at radius 2 is 2.22 bits per heavy atom. The van der Waals surface area contributed by atoms with E-state index in [1.54, 1.807) is 6.07 Å². The molecule has 90 valence electrons.